The van der Waals surface area contributed by atoms with Crippen molar-refractivity contribution in [3.8, 4) is 6.07 Å². The molecule has 1 atom stereocenters. The summed E-state index contributed by atoms with van der Waals surface area (Å²) in [7, 11) is 0. The van der Waals surface area contributed by atoms with Crippen LogP contribution in [0, 0.1) is 11.3 Å². The van der Waals surface area contributed by atoms with Crippen molar-refractivity contribution in [1.82, 2.24) is 10.2 Å². The Morgan fingerprint density at radius 1 is 0.857 bits per heavy atom. The molecule has 1 aliphatic heterocycles. The highest BCUT2D eigenvalue weighted by Gasteiger charge is 2.42. The smallest absolute Gasteiger partial charge is 0.262 e. The number of hydrogen-bond acceptors (Lipinski definition) is 5. The van der Waals surface area contributed by atoms with Crippen LogP contribution < -0.4 is 10.6 Å². The van der Waals surface area contributed by atoms with Gasteiger partial charge in [-0.05, 0) is 29.3 Å². The summed E-state index contributed by atoms with van der Waals surface area (Å²) in [6.07, 6.45) is -0.141. The molecule has 0 spiro atoms. The van der Waals surface area contributed by atoms with Gasteiger partial charge >= 0.3 is 0 Å². The van der Waals surface area contributed by atoms with E-state index in [1.54, 1.807) is 54.6 Å². The van der Waals surface area contributed by atoms with E-state index in [4.69, 9.17) is 5.26 Å². The molecule has 1 aliphatic rings. The molecule has 0 bridgehead atoms. The number of imide groups is 1. The van der Waals surface area contributed by atoms with Crippen LogP contribution in [0.4, 0.5) is 5.69 Å². The predicted molar refractivity (Wildman–Crippen MR) is 128 cm³/mol. The summed E-state index contributed by atoms with van der Waals surface area (Å²) in [6.45, 7) is 0.0519. The number of anilines is 1. The molecule has 3 aromatic rings. The number of nitrogens with one attached hydrogen (secondary N) is 2. The number of nitrogens with zero attached hydrogens (tertiary/aromatic N) is 2. The van der Waals surface area contributed by atoms with Crippen LogP contribution in [0.1, 0.15) is 38.3 Å². The fraction of sp³-hybridized carbons (Fsp3) is 0.148. The third-order valence-electron chi connectivity index (χ3n) is 5.70. The van der Waals surface area contributed by atoms with Gasteiger partial charge in [-0.2, -0.15) is 5.26 Å². The average Bonchev–Trinajstić information content (AvgIpc) is 3.12. The van der Waals surface area contributed by atoms with Crippen LogP contribution in [0.2, 0.25) is 0 Å². The number of benzene rings is 3. The number of hydrogen-bond donors (Lipinski definition) is 2. The Balaban J connectivity index is 1.57. The van der Waals surface area contributed by atoms with Crippen molar-refractivity contribution in [3.05, 3.63) is 101 Å². The molecular weight excluding hydrogens is 444 g/mol. The van der Waals surface area contributed by atoms with E-state index in [-0.39, 0.29) is 30.5 Å². The minimum absolute atomic E-state index is 0.0519. The van der Waals surface area contributed by atoms with E-state index in [9.17, 15) is 19.2 Å². The lowest BCUT2D eigenvalue weighted by molar-refractivity contribution is -0.125. The molecule has 4 amide bonds. The average molecular weight is 466 g/mol. The van der Waals surface area contributed by atoms with Crippen molar-refractivity contribution in [2.24, 2.45) is 0 Å². The van der Waals surface area contributed by atoms with Gasteiger partial charge in [0, 0.05) is 18.7 Å². The Morgan fingerprint density at radius 3 is 2.11 bits per heavy atom. The predicted octanol–water partition coefficient (Wildman–Crippen LogP) is 3.06. The molecule has 4 rings (SSSR count). The molecule has 1 heterocycles. The van der Waals surface area contributed by atoms with Crippen molar-refractivity contribution >= 4 is 29.3 Å². The highest BCUT2D eigenvalue weighted by Crippen LogP contribution is 2.26. The fourth-order valence-electron chi connectivity index (χ4n) is 3.99. The highest BCUT2D eigenvalue weighted by atomic mass is 16.2. The maximum Gasteiger partial charge on any atom is 0.262 e. The standard InChI is InChI=1S/C27H22N4O4/c28-15-14-24(32)30-22-13-7-4-10-19(22)17-29-25(33)23(16-18-8-2-1-3-9-18)31-26(34)20-11-5-6-12-21(20)27(31)35/h1-13,23H,14,16-17H2,(H,29,33)(H,30,32). The van der Waals surface area contributed by atoms with Gasteiger partial charge in [0.15, 0.2) is 0 Å². The van der Waals surface area contributed by atoms with Gasteiger partial charge in [-0.15, -0.1) is 0 Å². The SMILES string of the molecule is N#CCC(=O)Nc1ccccc1CNC(=O)C(Cc1ccccc1)N1C(=O)c2ccccc2C1=O. The van der Waals surface area contributed by atoms with Crippen LogP contribution in [0.5, 0.6) is 0 Å². The van der Waals surface area contributed by atoms with Crippen LogP contribution in [-0.2, 0) is 22.6 Å². The molecule has 0 fully saturated rings. The maximum atomic E-state index is 13.4. The van der Waals surface area contributed by atoms with Gasteiger partial charge in [0.2, 0.25) is 11.8 Å². The molecular formula is C27H22N4O4. The lowest BCUT2D eigenvalue weighted by atomic mass is 10.0. The summed E-state index contributed by atoms with van der Waals surface area (Å²) < 4.78 is 0. The van der Waals surface area contributed by atoms with Crippen molar-refractivity contribution in [1.29, 1.82) is 5.26 Å². The second kappa shape index (κ2) is 10.4. The lowest BCUT2D eigenvalue weighted by Gasteiger charge is -2.26. The molecule has 8 nitrogen and oxygen atoms in total. The minimum atomic E-state index is -1.06. The number of carbonyl (C=O) groups excluding carboxylic acids is 4. The van der Waals surface area contributed by atoms with Crippen molar-refractivity contribution in [2.75, 3.05) is 5.32 Å². The molecule has 35 heavy (non-hydrogen) atoms. The molecule has 2 N–H and O–H groups in total. The fourth-order valence-corrected chi connectivity index (χ4v) is 3.99. The second-order valence-electron chi connectivity index (χ2n) is 7.99. The Hall–Kier alpha value is -4.77. The Kier molecular flexibility index (Phi) is 6.98. The van der Waals surface area contributed by atoms with E-state index in [1.165, 1.54) is 0 Å². The number of fused-ring (bicyclic) bond motifs is 1. The monoisotopic (exact) mass is 466 g/mol. The van der Waals surface area contributed by atoms with Crippen LogP contribution in [-0.4, -0.2) is 34.6 Å². The van der Waals surface area contributed by atoms with Gasteiger partial charge in [-0.1, -0.05) is 60.7 Å². The zero-order chi connectivity index (χ0) is 24.8. The molecule has 0 radical (unpaired) electrons. The van der Waals surface area contributed by atoms with E-state index in [1.807, 2.05) is 30.3 Å². The molecule has 0 saturated heterocycles. The van der Waals surface area contributed by atoms with E-state index in [0.29, 0.717) is 11.3 Å². The first-order valence-corrected chi connectivity index (χ1v) is 11.0. The first-order chi connectivity index (χ1) is 17.0. The first kappa shape index (κ1) is 23.4. The Morgan fingerprint density at radius 2 is 1.46 bits per heavy atom. The summed E-state index contributed by atoms with van der Waals surface area (Å²) in [5.74, 6) is -1.97. The summed E-state index contributed by atoms with van der Waals surface area (Å²) in [5, 5.41) is 14.2. The molecule has 8 heteroatoms. The van der Waals surface area contributed by atoms with Crippen LogP contribution in [0.3, 0.4) is 0 Å². The van der Waals surface area contributed by atoms with E-state index >= 15 is 0 Å². The van der Waals surface area contributed by atoms with E-state index in [0.717, 1.165) is 10.5 Å². The summed E-state index contributed by atoms with van der Waals surface area (Å²) in [6, 6.07) is 23.3. The molecule has 0 saturated carbocycles. The van der Waals surface area contributed by atoms with Crippen molar-refractivity contribution in [2.45, 2.75) is 25.4 Å². The molecule has 1 unspecified atom stereocenters. The second-order valence-corrected chi connectivity index (χ2v) is 7.99. The van der Waals surface area contributed by atoms with Gasteiger partial charge in [0.25, 0.3) is 11.8 Å². The number of carbonyl (C=O) groups is 4. The molecule has 0 aliphatic carbocycles. The molecule has 174 valence electrons. The van der Waals surface area contributed by atoms with Crippen molar-refractivity contribution in [3.63, 3.8) is 0 Å². The number of para-hydroxylation sites is 1. The zero-order valence-electron chi connectivity index (χ0n) is 18.7. The number of nitriles is 1. The number of amides is 4. The van der Waals surface area contributed by atoms with E-state index in [2.05, 4.69) is 10.6 Å². The summed E-state index contributed by atoms with van der Waals surface area (Å²) >= 11 is 0. The zero-order valence-corrected chi connectivity index (χ0v) is 18.7. The maximum absolute atomic E-state index is 13.4. The van der Waals surface area contributed by atoms with Gasteiger partial charge in [0.1, 0.15) is 12.5 Å². The van der Waals surface area contributed by atoms with Crippen LogP contribution in [0.25, 0.3) is 0 Å². The van der Waals surface area contributed by atoms with Gasteiger partial charge < -0.3 is 10.6 Å². The normalized spacial score (nSPS) is 13.1. The lowest BCUT2D eigenvalue weighted by Crippen LogP contribution is -2.50. The third kappa shape index (κ3) is 5.09. The largest absolute Gasteiger partial charge is 0.350 e. The Labute approximate surface area is 202 Å². The minimum Gasteiger partial charge on any atom is -0.350 e. The van der Waals surface area contributed by atoms with Gasteiger partial charge in [-0.3, -0.25) is 24.1 Å². The van der Waals surface area contributed by atoms with Gasteiger partial charge in [0.05, 0.1) is 17.2 Å². The van der Waals surface area contributed by atoms with Crippen LogP contribution in [0.15, 0.2) is 78.9 Å². The first-order valence-electron chi connectivity index (χ1n) is 11.0. The quantitative estimate of drug-likeness (QED) is 0.495. The van der Waals surface area contributed by atoms with Crippen molar-refractivity contribution < 1.29 is 19.2 Å². The van der Waals surface area contributed by atoms with E-state index < -0.39 is 29.7 Å². The topological polar surface area (TPSA) is 119 Å². The number of rotatable bonds is 8. The third-order valence-corrected chi connectivity index (χ3v) is 5.70. The van der Waals surface area contributed by atoms with Crippen LogP contribution >= 0.6 is 0 Å². The molecule has 3 aromatic carbocycles. The molecule has 0 aromatic heterocycles. The summed E-state index contributed by atoms with van der Waals surface area (Å²) in [5.41, 5.74) is 2.43. The highest BCUT2D eigenvalue weighted by molar-refractivity contribution is 6.22. The Bertz CT molecular complexity index is 1300. The van der Waals surface area contributed by atoms with Gasteiger partial charge in [-0.25, -0.2) is 0 Å². The summed E-state index contributed by atoms with van der Waals surface area (Å²) in [4.78, 5) is 52.5.